The van der Waals surface area contributed by atoms with Crippen molar-refractivity contribution in [2.75, 3.05) is 6.61 Å². The fourth-order valence-corrected chi connectivity index (χ4v) is 2.82. The van der Waals surface area contributed by atoms with Gasteiger partial charge in [-0.05, 0) is 31.0 Å². The van der Waals surface area contributed by atoms with Crippen molar-refractivity contribution >= 4 is 35.0 Å². The second kappa shape index (κ2) is 7.77. The molecule has 1 fully saturated rings. The maximum Gasteiger partial charge on any atom is 0.305 e. The molecule has 1 unspecified atom stereocenters. The van der Waals surface area contributed by atoms with Crippen LogP contribution < -0.4 is 10.1 Å². The first kappa shape index (κ1) is 17.0. The van der Waals surface area contributed by atoms with E-state index in [0.717, 1.165) is 28.6 Å². The molecule has 1 aliphatic rings. The third-order valence-electron chi connectivity index (χ3n) is 3.00. The zero-order chi connectivity index (χ0) is 16.8. The third kappa shape index (κ3) is 4.82. The van der Waals surface area contributed by atoms with Gasteiger partial charge in [0.05, 0.1) is 19.2 Å². The zero-order valence-electron chi connectivity index (χ0n) is 12.8. The van der Waals surface area contributed by atoms with Crippen LogP contribution in [0.5, 0.6) is 5.75 Å². The van der Waals surface area contributed by atoms with E-state index in [1.807, 2.05) is 32.0 Å². The second-order valence-corrected chi connectivity index (χ2v) is 5.99. The van der Waals surface area contributed by atoms with Gasteiger partial charge < -0.3 is 15.2 Å². The normalized spacial score (nSPS) is 19.3. The van der Waals surface area contributed by atoms with Crippen LogP contribution >= 0.6 is 11.8 Å². The number of rotatable bonds is 6. The van der Waals surface area contributed by atoms with Crippen LogP contribution in [0.4, 0.5) is 0 Å². The highest BCUT2D eigenvalue weighted by Gasteiger charge is 2.32. The predicted molar refractivity (Wildman–Crippen MR) is 89.2 cm³/mol. The summed E-state index contributed by atoms with van der Waals surface area (Å²) in [5.74, 6) is -0.597. The number of benzene rings is 1. The summed E-state index contributed by atoms with van der Waals surface area (Å²) in [5, 5.41) is 18.7. The molecular weight excluding hydrogens is 318 g/mol. The Morgan fingerprint density at radius 1 is 1.52 bits per heavy atom. The lowest BCUT2D eigenvalue weighted by molar-refractivity contribution is -0.138. The van der Waals surface area contributed by atoms with E-state index in [2.05, 4.69) is 15.5 Å². The van der Waals surface area contributed by atoms with Gasteiger partial charge in [-0.25, -0.2) is 0 Å². The van der Waals surface area contributed by atoms with Gasteiger partial charge in [0.15, 0.2) is 5.17 Å². The monoisotopic (exact) mass is 335 g/mol. The molecule has 1 aromatic carbocycles. The fraction of sp³-hybridized carbons (Fsp3) is 0.333. The summed E-state index contributed by atoms with van der Waals surface area (Å²) >= 11 is 1.07. The molecule has 1 aliphatic heterocycles. The fourth-order valence-electron chi connectivity index (χ4n) is 1.90. The van der Waals surface area contributed by atoms with Gasteiger partial charge in [0.25, 0.3) is 0 Å². The van der Waals surface area contributed by atoms with Gasteiger partial charge in [0, 0.05) is 0 Å². The molecule has 2 rings (SSSR count). The number of hydrogen-bond acceptors (Lipinski definition) is 6. The molecule has 122 valence electrons. The van der Waals surface area contributed by atoms with E-state index in [9.17, 15) is 9.59 Å². The Balaban J connectivity index is 2.02. The van der Waals surface area contributed by atoms with E-state index in [4.69, 9.17) is 9.84 Å². The number of amides is 1. The van der Waals surface area contributed by atoms with E-state index < -0.39 is 11.2 Å². The zero-order valence-corrected chi connectivity index (χ0v) is 13.6. The molecule has 1 heterocycles. The standard InChI is InChI=1S/C15H17N3O4S/c1-3-22-11-6-10(5-4-9(11)2)8-16-18-15-17-14(21)12(23-15)7-13(19)20/h4-6,8,12H,3,7H2,1-2H3,(H,19,20)(H,17,18,21). The van der Waals surface area contributed by atoms with Gasteiger partial charge in [0.1, 0.15) is 11.0 Å². The number of carboxylic acids is 1. The Labute approximate surface area is 137 Å². The van der Waals surface area contributed by atoms with Crippen molar-refractivity contribution in [2.24, 2.45) is 10.2 Å². The Bertz CT molecular complexity index is 673. The number of hydrogen-bond donors (Lipinski definition) is 2. The maximum absolute atomic E-state index is 11.6. The van der Waals surface area contributed by atoms with Crippen molar-refractivity contribution in [1.29, 1.82) is 0 Å². The Kier molecular flexibility index (Phi) is 5.75. The molecule has 1 amide bonds. The molecule has 0 bridgehead atoms. The number of carboxylic acid groups (broad SMARTS) is 1. The van der Waals surface area contributed by atoms with Crippen LogP contribution in [-0.4, -0.2) is 40.2 Å². The average molecular weight is 335 g/mol. The molecule has 0 aromatic heterocycles. The maximum atomic E-state index is 11.6. The molecule has 0 aliphatic carbocycles. The summed E-state index contributed by atoms with van der Waals surface area (Å²) in [6.07, 6.45) is 1.31. The number of amidine groups is 1. The van der Waals surface area contributed by atoms with Crippen molar-refractivity contribution in [2.45, 2.75) is 25.5 Å². The van der Waals surface area contributed by atoms with Crippen LogP contribution in [0.1, 0.15) is 24.5 Å². The average Bonchev–Trinajstić information content (AvgIpc) is 2.82. The first-order valence-electron chi connectivity index (χ1n) is 7.03. The van der Waals surface area contributed by atoms with Gasteiger partial charge >= 0.3 is 5.97 Å². The van der Waals surface area contributed by atoms with Gasteiger partial charge in [0.2, 0.25) is 5.91 Å². The highest BCUT2D eigenvalue weighted by Crippen LogP contribution is 2.22. The number of aliphatic carboxylic acids is 1. The topological polar surface area (TPSA) is 100 Å². The lowest BCUT2D eigenvalue weighted by Crippen LogP contribution is -2.26. The van der Waals surface area contributed by atoms with E-state index in [1.54, 1.807) is 6.21 Å². The lowest BCUT2D eigenvalue weighted by Gasteiger charge is -2.06. The number of ether oxygens (including phenoxy) is 1. The van der Waals surface area contributed by atoms with E-state index >= 15 is 0 Å². The molecule has 0 saturated carbocycles. The SMILES string of the molecule is CCOc1cc(C=NN=C2NC(=O)C(CC(=O)O)S2)ccc1C. The highest BCUT2D eigenvalue weighted by atomic mass is 32.2. The predicted octanol–water partition coefficient (Wildman–Crippen LogP) is 1.79. The van der Waals surface area contributed by atoms with Crippen molar-refractivity contribution in [3.05, 3.63) is 29.3 Å². The number of aryl methyl sites for hydroxylation is 1. The van der Waals surface area contributed by atoms with Crippen LogP contribution in [0.15, 0.2) is 28.4 Å². The molecule has 2 N–H and O–H groups in total. The Hall–Kier alpha value is -2.35. The number of carbonyl (C=O) groups excluding carboxylic acids is 1. The first-order valence-corrected chi connectivity index (χ1v) is 7.91. The molecular formula is C15H17N3O4S. The summed E-state index contributed by atoms with van der Waals surface area (Å²) in [5.41, 5.74) is 1.85. The van der Waals surface area contributed by atoms with E-state index in [0.29, 0.717) is 11.8 Å². The third-order valence-corrected chi connectivity index (χ3v) is 4.08. The van der Waals surface area contributed by atoms with Crippen LogP contribution in [0, 0.1) is 6.92 Å². The molecule has 23 heavy (non-hydrogen) atoms. The minimum Gasteiger partial charge on any atom is -0.494 e. The second-order valence-electron chi connectivity index (χ2n) is 4.80. The Morgan fingerprint density at radius 2 is 2.30 bits per heavy atom. The minimum absolute atomic E-state index is 0.241. The van der Waals surface area contributed by atoms with Gasteiger partial charge in [-0.15, -0.1) is 5.10 Å². The lowest BCUT2D eigenvalue weighted by atomic mass is 10.1. The van der Waals surface area contributed by atoms with Crippen molar-refractivity contribution in [1.82, 2.24) is 5.32 Å². The van der Waals surface area contributed by atoms with Crippen molar-refractivity contribution in [3.8, 4) is 5.75 Å². The molecule has 1 saturated heterocycles. The van der Waals surface area contributed by atoms with Crippen LogP contribution in [0.3, 0.4) is 0 Å². The summed E-state index contributed by atoms with van der Waals surface area (Å²) < 4.78 is 5.51. The summed E-state index contributed by atoms with van der Waals surface area (Å²) in [6, 6.07) is 5.67. The van der Waals surface area contributed by atoms with Crippen molar-refractivity contribution < 1.29 is 19.4 Å². The molecule has 0 spiro atoms. The number of carbonyl (C=O) groups is 2. The largest absolute Gasteiger partial charge is 0.494 e. The van der Waals surface area contributed by atoms with E-state index in [-0.39, 0.29) is 12.3 Å². The molecule has 1 aromatic rings. The molecule has 1 atom stereocenters. The van der Waals surface area contributed by atoms with Gasteiger partial charge in [-0.2, -0.15) is 5.10 Å². The van der Waals surface area contributed by atoms with Crippen LogP contribution in [-0.2, 0) is 9.59 Å². The smallest absolute Gasteiger partial charge is 0.305 e. The van der Waals surface area contributed by atoms with Gasteiger partial charge in [-0.1, -0.05) is 23.9 Å². The molecule has 7 nitrogen and oxygen atoms in total. The van der Waals surface area contributed by atoms with Gasteiger partial charge in [-0.3, -0.25) is 9.59 Å². The number of thioether (sulfide) groups is 1. The van der Waals surface area contributed by atoms with Crippen molar-refractivity contribution in [3.63, 3.8) is 0 Å². The van der Waals surface area contributed by atoms with E-state index in [1.165, 1.54) is 0 Å². The first-order chi connectivity index (χ1) is 11.0. The number of nitrogens with zero attached hydrogens (tertiary/aromatic N) is 2. The summed E-state index contributed by atoms with van der Waals surface area (Å²) in [6.45, 7) is 4.45. The Morgan fingerprint density at radius 3 is 3.00 bits per heavy atom. The van der Waals surface area contributed by atoms with Crippen LogP contribution in [0.25, 0.3) is 0 Å². The highest BCUT2D eigenvalue weighted by molar-refractivity contribution is 8.15. The summed E-state index contributed by atoms with van der Waals surface area (Å²) in [7, 11) is 0. The van der Waals surface area contributed by atoms with Crippen LogP contribution in [0.2, 0.25) is 0 Å². The number of nitrogens with one attached hydrogen (secondary N) is 1. The molecule has 0 radical (unpaired) electrons. The summed E-state index contributed by atoms with van der Waals surface area (Å²) in [4.78, 5) is 22.2. The minimum atomic E-state index is -1.02. The quantitative estimate of drug-likeness (QED) is 0.610. The molecule has 8 heteroatoms.